The fourth-order valence-electron chi connectivity index (χ4n) is 6.33. The number of likely N-dealkylation sites (N-methyl/N-ethyl adjacent to an activating group) is 1. The minimum Gasteiger partial charge on any atom is -0.370 e. The van der Waals surface area contributed by atoms with Crippen molar-refractivity contribution in [3.05, 3.63) is 42.0 Å². The molecule has 0 radical (unpaired) electrons. The van der Waals surface area contributed by atoms with E-state index >= 15 is 0 Å². The molecule has 0 unspecified atom stereocenters. The number of carbonyl (C=O) groups is 1. The van der Waals surface area contributed by atoms with Crippen LogP contribution >= 0.6 is 0 Å². The number of ketones is 1. The molecule has 1 aliphatic carbocycles. The highest BCUT2D eigenvalue weighted by molar-refractivity contribution is 5.92. The molecular weight excluding hydrogens is 284 g/mol. The summed E-state index contributed by atoms with van der Waals surface area (Å²) in [6.07, 6.45) is 7.29. The third-order valence-corrected chi connectivity index (χ3v) is 7.24. The molecule has 120 valence electrons. The van der Waals surface area contributed by atoms with E-state index in [1.54, 1.807) is 0 Å². The summed E-state index contributed by atoms with van der Waals surface area (Å²) < 4.78 is 0. The van der Waals surface area contributed by atoms with Gasteiger partial charge in [-0.2, -0.15) is 0 Å². The molecule has 1 spiro atoms. The minimum atomic E-state index is -0.274. The molecule has 1 aromatic rings. The van der Waals surface area contributed by atoms with Crippen molar-refractivity contribution < 1.29 is 4.79 Å². The molecule has 0 aromatic heterocycles. The predicted molar refractivity (Wildman–Crippen MR) is 91.8 cm³/mol. The molecule has 1 saturated heterocycles. The number of nitrogens with zero attached hydrogens (tertiary/aromatic N) is 2. The number of rotatable bonds is 1. The third-order valence-electron chi connectivity index (χ3n) is 7.24. The molecular formula is C20H24N2O. The van der Waals surface area contributed by atoms with E-state index in [0.717, 1.165) is 19.5 Å². The van der Waals surface area contributed by atoms with Crippen LogP contribution in [-0.2, 0) is 10.2 Å². The molecule has 5 rings (SSSR count). The van der Waals surface area contributed by atoms with Gasteiger partial charge in [-0.05, 0) is 31.0 Å². The van der Waals surface area contributed by atoms with Crippen molar-refractivity contribution in [1.29, 1.82) is 0 Å². The van der Waals surface area contributed by atoms with Crippen molar-refractivity contribution in [3.8, 4) is 0 Å². The number of anilines is 1. The Morgan fingerprint density at radius 3 is 2.96 bits per heavy atom. The molecule has 3 heterocycles. The van der Waals surface area contributed by atoms with Gasteiger partial charge in [-0.3, -0.25) is 9.69 Å². The van der Waals surface area contributed by atoms with Crippen LogP contribution < -0.4 is 4.90 Å². The van der Waals surface area contributed by atoms with E-state index in [4.69, 9.17) is 0 Å². The highest BCUT2D eigenvalue weighted by Crippen LogP contribution is 2.62. The fourth-order valence-corrected chi connectivity index (χ4v) is 6.33. The van der Waals surface area contributed by atoms with Crippen molar-refractivity contribution in [2.45, 2.75) is 43.7 Å². The minimum absolute atomic E-state index is 0.125. The maximum Gasteiger partial charge on any atom is 0.146 e. The Kier molecular flexibility index (Phi) is 2.56. The summed E-state index contributed by atoms with van der Waals surface area (Å²) in [6.45, 7) is 4.31. The number of Topliss-reactive ketones (excluding diaryl/α,β-unsaturated/α-hetero) is 1. The first-order chi connectivity index (χ1) is 11.1. The topological polar surface area (TPSA) is 23.6 Å². The van der Waals surface area contributed by atoms with Crippen LogP contribution in [0.15, 0.2) is 36.4 Å². The van der Waals surface area contributed by atoms with E-state index in [1.165, 1.54) is 17.7 Å². The molecule has 4 aliphatic rings. The lowest BCUT2D eigenvalue weighted by Crippen LogP contribution is -2.66. The molecule has 2 fully saturated rings. The highest BCUT2D eigenvalue weighted by Gasteiger charge is 2.69. The van der Waals surface area contributed by atoms with E-state index in [9.17, 15) is 4.79 Å². The number of carbonyl (C=O) groups excluding carboxylic acids is 1. The molecule has 0 N–H and O–H groups in total. The van der Waals surface area contributed by atoms with Gasteiger partial charge in [0.2, 0.25) is 0 Å². The Hall–Kier alpha value is -1.61. The van der Waals surface area contributed by atoms with Crippen LogP contribution in [0.1, 0.15) is 31.7 Å². The highest BCUT2D eigenvalue weighted by atomic mass is 16.1. The molecule has 3 heteroatoms. The second-order valence-corrected chi connectivity index (χ2v) is 7.76. The monoisotopic (exact) mass is 308 g/mol. The van der Waals surface area contributed by atoms with Crippen LogP contribution in [0.4, 0.5) is 5.69 Å². The van der Waals surface area contributed by atoms with Gasteiger partial charge in [0, 0.05) is 43.2 Å². The van der Waals surface area contributed by atoms with Gasteiger partial charge >= 0.3 is 0 Å². The molecule has 0 amide bonds. The van der Waals surface area contributed by atoms with Crippen molar-refractivity contribution in [2.75, 3.05) is 25.0 Å². The maximum absolute atomic E-state index is 13.2. The number of fused-ring (bicyclic) bond motifs is 1. The average Bonchev–Trinajstić information content (AvgIpc) is 3.09. The van der Waals surface area contributed by atoms with Gasteiger partial charge in [0.15, 0.2) is 0 Å². The van der Waals surface area contributed by atoms with E-state index in [-0.39, 0.29) is 10.8 Å². The lowest BCUT2D eigenvalue weighted by atomic mass is 9.53. The van der Waals surface area contributed by atoms with Gasteiger partial charge in [-0.25, -0.2) is 0 Å². The van der Waals surface area contributed by atoms with Crippen LogP contribution in [-0.4, -0.2) is 42.9 Å². The Balaban J connectivity index is 1.80. The molecule has 1 aromatic carbocycles. The van der Waals surface area contributed by atoms with Crippen molar-refractivity contribution in [2.24, 2.45) is 5.41 Å². The number of hydrogen-bond donors (Lipinski definition) is 0. The first-order valence-corrected chi connectivity index (χ1v) is 8.92. The molecule has 3 aliphatic heterocycles. The summed E-state index contributed by atoms with van der Waals surface area (Å²) in [5.74, 6) is 0.452. The zero-order valence-corrected chi connectivity index (χ0v) is 14.0. The van der Waals surface area contributed by atoms with E-state index in [1.807, 2.05) is 0 Å². The summed E-state index contributed by atoms with van der Waals surface area (Å²) >= 11 is 0. The lowest BCUT2D eigenvalue weighted by molar-refractivity contribution is -0.136. The SMILES string of the molecule is CC[C@]12C=CCN3CC[C@@]4(c5ccccc5N(C)[C@H]4CC1=O)[C@@H]32. The zero-order valence-electron chi connectivity index (χ0n) is 14.0. The van der Waals surface area contributed by atoms with Crippen molar-refractivity contribution in [3.63, 3.8) is 0 Å². The van der Waals surface area contributed by atoms with Crippen LogP contribution in [0.3, 0.4) is 0 Å². The van der Waals surface area contributed by atoms with Crippen molar-refractivity contribution in [1.82, 2.24) is 4.90 Å². The summed E-state index contributed by atoms with van der Waals surface area (Å²) in [6, 6.07) is 9.53. The van der Waals surface area contributed by atoms with Gasteiger partial charge in [0.1, 0.15) is 5.78 Å². The predicted octanol–water partition coefficient (Wildman–Crippen LogP) is 2.76. The second kappa shape index (κ2) is 4.27. The van der Waals surface area contributed by atoms with Gasteiger partial charge < -0.3 is 4.90 Å². The smallest absolute Gasteiger partial charge is 0.146 e. The molecule has 3 nitrogen and oxygen atoms in total. The van der Waals surface area contributed by atoms with E-state index in [2.05, 4.69) is 60.2 Å². The molecule has 23 heavy (non-hydrogen) atoms. The summed E-state index contributed by atoms with van der Waals surface area (Å²) in [4.78, 5) is 18.2. The van der Waals surface area contributed by atoms with Crippen LogP contribution in [0.25, 0.3) is 0 Å². The normalized spacial score (nSPS) is 41.0. The van der Waals surface area contributed by atoms with Gasteiger partial charge in [0.05, 0.1) is 5.41 Å². The molecule has 1 saturated carbocycles. The molecule has 4 atom stereocenters. The molecule has 0 bridgehead atoms. The lowest BCUT2D eigenvalue weighted by Gasteiger charge is -2.55. The van der Waals surface area contributed by atoms with Gasteiger partial charge in [-0.15, -0.1) is 0 Å². The van der Waals surface area contributed by atoms with Crippen molar-refractivity contribution >= 4 is 11.5 Å². The number of para-hydroxylation sites is 1. The summed E-state index contributed by atoms with van der Waals surface area (Å²) in [5.41, 5.74) is 2.68. The Labute approximate surface area is 138 Å². The maximum atomic E-state index is 13.2. The van der Waals surface area contributed by atoms with Crippen LogP contribution in [0.2, 0.25) is 0 Å². The largest absolute Gasteiger partial charge is 0.370 e. The second-order valence-electron chi connectivity index (χ2n) is 7.76. The fraction of sp³-hybridized carbons (Fsp3) is 0.550. The Morgan fingerprint density at radius 2 is 2.13 bits per heavy atom. The average molecular weight is 308 g/mol. The summed E-state index contributed by atoms with van der Waals surface area (Å²) in [7, 11) is 2.19. The number of hydrogen-bond acceptors (Lipinski definition) is 3. The standard InChI is InChI=1S/C20H24N2O/c1-3-19-9-6-11-22-12-10-20(18(19)22)14-7-4-5-8-15(14)21(2)16(20)13-17(19)23/h4-9,16,18H,3,10-13H2,1-2H3/t16-,18-,19-,20-/m0/s1. The first-order valence-electron chi connectivity index (χ1n) is 8.92. The Morgan fingerprint density at radius 1 is 1.30 bits per heavy atom. The van der Waals surface area contributed by atoms with Gasteiger partial charge in [-0.1, -0.05) is 37.3 Å². The Bertz CT molecular complexity index is 726. The summed E-state index contributed by atoms with van der Waals surface area (Å²) in [5, 5.41) is 0. The number of benzene rings is 1. The first kappa shape index (κ1) is 13.8. The van der Waals surface area contributed by atoms with Crippen LogP contribution in [0.5, 0.6) is 0 Å². The van der Waals surface area contributed by atoms with Crippen LogP contribution in [0, 0.1) is 5.41 Å². The van der Waals surface area contributed by atoms with E-state index in [0.29, 0.717) is 24.3 Å². The third kappa shape index (κ3) is 1.35. The quantitative estimate of drug-likeness (QED) is 0.745. The zero-order chi connectivity index (χ0) is 15.8. The van der Waals surface area contributed by atoms with Gasteiger partial charge in [0.25, 0.3) is 0 Å². The van der Waals surface area contributed by atoms with E-state index < -0.39 is 0 Å².